The van der Waals surface area contributed by atoms with Crippen LogP contribution in [0.1, 0.15) is 28.4 Å². The molecule has 20 heavy (non-hydrogen) atoms. The van der Waals surface area contributed by atoms with Crippen LogP contribution in [0.5, 0.6) is 5.75 Å². The molecule has 1 nitrogen and oxygen atoms in total. The van der Waals surface area contributed by atoms with Crippen LogP contribution in [-0.2, 0) is 0 Å². The average molecular weight is 463 g/mol. The minimum absolute atomic E-state index is 0.159. The van der Waals surface area contributed by atoms with E-state index in [9.17, 15) is 0 Å². The van der Waals surface area contributed by atoms with Crippen molar-refractivity contribution >= 4 is 47.8 Å². The molecule has 0 amide bonds. The first-order valence-electron chi connectivity index (χ1n) is 6.35. The molecule has 0 aliphatic carbocycles. The zero-order chi connectivity index (χ0) is 14.7. The summed E-state index contributed by atoms with van der Waals surface area (Å²) >= 11 is 10.9. The molecule has 0 saturated heterocycles. The van der Waals surface area contributed by atoms with Gasteiger partial charge in [0.1, 0.15) is 5.75 Å². The van der Waals surface area contributed by atoms with Crippen molar-refractivity contribution in [2.45, 2.75) is 18.7 Å². The molecule has 2 aromatic carbocycles. The molecule has 106 valence electrons. The molecular weight excluding hydrogens is 448 g/mol. The first-order chi connectivity index (χ1) is 9.52. The Morgan fingerprint density at radius 2 is 1.60 bits per heavy atom. The van der Waals surface area contributed by atoms with Crippen LogP contribution in [-0.4, -0.2) is 6.61 Å². The molecule has 0 saturated carbocycles. The third-order valence-electron chi connectivity index (χ3n) is 3.04. The number of alkyl halides is 1. The average Bonchev–Trinajstić information content (AvgIpc) is 2.43. The summed E-state index contributed by atoms with van der Waals surface area (Å²) in [6.07, 6.45) is 0. The minimum Gasteiger partial charge on any atom is -0.493 e. The lowest BCUT2D eigenvalue weighted by Gasteiger charge is -2.14. The molecule has 0 bridgehead atoms. The predicted octanol–water partition coefficient (Wildman–Crippen LogP) is 6.40. The van der Waals surface area contributed by atoms with Crippen LogP contribution in [0.4, 0.5) is 0 Å². The number of rotatable bonds is 4. The number of aryl methyl sites for hydroxylation is 1. The van der Waals surface area contributed by atoms with Gasteiger partial charge in [-0.2, -0.15) is 0 Å². The van der Waals surface area contributed by atoms with Crippen molar-refractivity contribution in [1.82, 2.24) is 0 Å². The highest BCUT2D eigenvalue weighted by Gasteiger charge is 2.13. The number of hydrogen-bond donors (Lipinski definition) is 0. The van der Waals surface area contributed by atoms with Gasteiger partial charge in [-0.3, -0.25) is 0 Å². The maximum atomic E-state index is 5.54. The van der Waals surface area contributed by atoms with Crippen molar-refractivity contribution in [3.8, 4) is 5.75 Å². The van der Waals surface area contributed by atoms with Crippen LogP contribution >= 0.6 is 47.8 Å². The van der Waals surface area contributed by atoms with E-state index in [2.05, 4.69) is 85.0 Å². The van der Waals surface area contributed by atoms with Crippen LogP contribution in [0, 0.1) is 6.92 Å². The van der Waals surface area contributed by atoms with E-state index in [0.717, 1.165) is 14.7 Å². The van der Waals surface area contributed by atoms with Gasteiger partial charge in [-0.15, -0.1) is 0 Å². The molecular formula is C16H15Br3O. The van der Waals surface area contributed by atoms with Crippen LogP contribution in [0.25, 0.3) is 0 Å². The van der Waals surface area contributed by atoms with Crippen molar-refractivity contribution in [2.24, 2.45) is 0 Å². The van der Waals surface area contributed by atoms with Crippen LogP contribution < -0.4 is 4.74 Å². The van der Waals surface area contributed by atoms with Gasteiger partial charge in [-0.25, -0.2) is 0 Å². The molecule has 1 atom stereocenters. The minimum atomic E-state index is 0.159. The van der Waals surface area contributed by atoms with Crippen LogP contribution in [0.15, 0.2) is 45.3 Å². The Morgan fingerprint density at radius 1 is 1.00 bits per heavy atom. The van der Waals surface area contributed by atoms with Gasteiger partial charge < -0.3 is 4.74 Å². The van der Waals surface area contributed by atoms with E-state index in [1.54, 1.807) is 0 Å². The molecule has 0 aliphatic rings. The lowest BCUT2D eigenvalue weighted by molar-refractivity contribution is 0.338. The van der Waals surface area contributed by atoms with Gasteiger partial charge >= 0.3 is 0 Å². The summed E-state index contributed by atoms with van der Waals surface area (Å²) in [7, 11) is 0. The van der Waals surface area contributed by atoms with Crippen LogP contribution in [0.2, 0.25) is 0 Å². The first kappa shape index (κ1) is 16.1. The summed E-state index contributed by atoms with van der Waals surface area (Å²) in [6.45, 7) is 4.74. The molecule has 0 heterocycles. The van der Waals surface area contributed by atoms with E-state index in [1.807, 2.05) is 13.0 Å². The number of benzene rings is 2. The van der Waals surface area contributed by atoms with Crippen molar-refractivity contribution in [3.05, 3.63) is 62.0 Å². The summed E-state index contributed by atoms with van der Waals surface area (Å²) < 4.78 is 7.65. The smallest absolute Gasteiger partial charge is 0.133 e. The largest absolute Gasteiger partial charge is 0.493 e. The number of halogens is 3. The Labute approximate surface area is 145 Å². The fourth-order valence-corrected chi connectivity index (χ4v) is 3.38. The lowest BCUT2D eigenvalue weighted by atomic mass is 10.0. The van der Waals surface area contributed by atoms with Crippen molar-refractivity contribution in [3.63, 3.8) is 0 Å². The van der Waals surface area contributed by atoms with Gasteiger partial charge in [0.15, 0.2) is 0 Å². The second-order valence-corrected chi connectivity index (χ2v) is 7.12. The summed E-state index contributed by atoms with van der Waals surface area (Å²) in [5, 5.41) is 0. The monoisotopic (exact) mass is 460 g/mol. The summed E-state index contributed by atoms with van der Waals surface area (Å²) in [6, 6.07) is 12.6. The second kappa shape index (κ2) is 7.10. The second-order valence-electron chi connectivity index (χ2n) is 4.49. The highest BCUT2D eigenvalue weighted by molar-refractivity contribution is 9.11. The zero-order valence-electron chi connectivity index (χ0n) is 11.3. The number of hydrogen-bond acceptors (Lipinski definition) is 1. The summed E-state index contributed by atoms with van der Waals surface area (Å²) in [4.78, 5) is 0.159. The molecule has 0 aromatic heterocycles. The van der Waals surface area contributed by atoms with Crippen molar-refractivity contribution < 1.29 is 4.74 Å². The molecule has 0 aliphatic heterocycles. The third kappa shape index (κ3) is 3.66. The SMILES string of the molecule is CCOc1ccc(C(Br)c2ccc(C)c(Br)c2)cc1Br. The Hall–Kier alpha value is -0.320. The standard InChI is InChI=1S/C16H15Br3O/c1-3-20-15-7-6-12(9-14(15)18)16(19)11-5-4-10(2)13(17)8-11/h4-9,16H,3H2,1-2H3. The molecule has 0 spiro atoms. The predicted molar refractivity (Wildman–Crippen MR) is 95.0 cm³/mol. The highest BCUT2D eigenvalue weighted by atomic mass is 79.9. The van der Waals surface area contributed by atoms with Crippen LogP contribution in [0.3, 0.4) is 0 Å². The molecule has 1 unspecified atom stereocenters. The van der Waals surface area contributed by atoms with Gasteiger partial charge in [0.2, 0.25) is 0 Å². The molecule has 4 heteroatoms. The van der Waals surface area contributed by atoms with E-state index >= 15 is 0 Å². The lowest BCUT2D eigenvalue weighted by Crippen LogP contribution is -1.96. The van der Waals surface area contributed by atoms with E-state index in [0.29, 0.717) is 6.61 Å². The normalized spacial score (nSPS) is 12.2. The fourth-order valence-electron chi connectivity index (χ4n) is 1.91. The summed E-state index contributed by atoms with van der Waals surface area (Å²) in [5.74, 6) is 0.876. The fraction of sp³-hybridized carbons (Fsp3) is 0.250. The molecule has 0 fully saturated rings. The molecule has 0 radical (unpaired) electrons. The molecule has 0 N–H and O–H groups in total. The summed E-state index contributed by atoms with van der Waals surface area (Å²) in [5.41, 5.74) is 3.65. The Balaban J connectivity index is 2.30. The molecule has 2 aromatic rings. The first-order valence-corrected chi connectivity index (χ1v) is 8.85. The van der Waals surface area contributed by atoms with Gasteiger partial charge in [-0.1, -0.05) is 50.1 Å². The van der Waals surface area contributed by atoms with Crippen molar-refractivity contribution in [1.29, 1.82) is 0 Å². The third-order valence-corrected chi connectivity index (χ3v) is 5.57. The quantitative estimate of drug-likeness (QED) is 0.477. The number of ether oxygens (including phenoxy) is 1. The van der Waals surface area contributed by atoms with Gasteiger partial charge in [0.05, 0.1) is 15.9 Å². The molecule has 2 rings (SSSR count). The highest BCUT2D eigenvalue weighted by Crippen LogP contribution is 2.36. The van der Waals surface area contributed by atoms with E-state index < -0.39 is 0 Å². The van der Waals surface area contributed by atoms with Crippen molar-refractivity contribution in [2.75, 3.05) is 6.61 Å². The van der Waals surface area contributed by atoms with Gasteiger partial charge in [0, 0.05) is 4.47 Å². The Morgan fingerprint density at radius 3 is 2.15 bits per heavy atom. The maximum Gasteiger partial charge on any atom is 0.133 e. The maximum absolute atomic E-state index is 5.54. The zero-order valence-corrected chi connectivity index (χ0v) is 16.0. The Kier molecular flexibility index (Phi) is 5.70. The van der Waals surface area contributed by atoms with E-state index in [-0.39, 0.29) is 4.83 Å². The Bertz CT molecular complexity index is 611. The van der Waals surface area contributed by atoms with E-state index in [1.165, 1.54) is 16.7 Å². The van der Waals surface area contributed by atoms with Gasteiger partial charge in [0.25, 0.3) is 0 Å². The van der Waals surface area contributed by atoms with E-state index in [4.69, 9.17) is 4.74 Å². The topological polar surface area (TPSA) is 9.23 Å². The van der Waals surface area contributed by atoms with Gasteiger partial charge in [-0.05, 0) is 64.7 Å².